The van der Waals surface area contributed by atoms with Gasteiger partial charge in [0.1, 0.15) is 11.7 Å². The Morgan fingerprint density at radius 1 is 1.00 bits per heavy atom. The Labute approximate surface area is 147 Å². The molecular weight excluding hydrogens is 312 g/mol. The van der Waals surface area contributed by atoms with Crippen molar-refractivity contribution in [1.82, 2.24) is 10.3 Å². The van der Waals surface area contributed by atoms with Gasteiger partial charge in [0.25, 0.3) is 0 Å². The van der Waals surface area contributed by atoms with Gasteiger partial charge in [0.05, 0.1) is 12.8 Å². The first-order valence-corrected chi connectivity index (χ1v) is 8.15. The molecule has 0 aliphatic heterocycles. The number of rotatable bonds is 6. The Kier molecular flexibility index (Phi) is 5.42. The lowest BCUT2D eigenvalue weighted by molar-refractivity contribution is -0.121. The van der Waals surface area contributed by atoms with E-state index in [2.05, 4.69) is 10.3 Å². The second-order valence-corrected chi connectivity index (χ2v) is 5.63. The third-order valence-electron chi connectivity index (χ3n) is 4.02. The summed E-state index contributed by atoms with van der Waals surface area (Å²) >= 11 is 0. The summed E-state index contributed by atoms with van der Waals surface area (Å²) in [5, 5.41) is 3.01. The van der Waals surface area contributed by atoms with Crippen LogP contribution in [0.25, 0.3) is 0 Å². The number of nitrogens with zero attached hydrogens (tertiary/aromatic N) is 1. The Morgan fingerprint density at radius 3 is 2.44 bits per heavy atom. The molecule has 0 bridgehead atoms. The van der Waals surface area contributed by atoms with Crippen LogP contribution >= 0.6 is 0 Å². The van der Waals surface area contributed by atoms with Crippen LogP contribution in [-0.2, 0) is 11.3 Å². The number of aromatic nitrogens is 1. The van der Waals surface area contributed by atoms with E-state index in [4.69, 9.17) is 4.74 Å². The molecule has 3 aromatic rings. The number of carbonyl (C=O) groups excluding carboxylic acids is 1. The number of methoxy groups -OCH3 is 1. The highest BCUT2D eigenvalue weighted by atomic mass is 16.5. The van der Waals surface area contributed by atoms with Crippen LogP contribution in [-0.4, -0.2) is 18.0 Å². The van der Waals surface area contributed by atoms with Gasteiger partial charge in [0.2, 0.25) is 5.91 Å². The topological polar surface area (TPSA) is 51.2 Å². The van der Waals surface area contributed by atoms with Gasteiger partial charge in [-0.2, -0.15) is 0 Å². The normalized spacial score (nSPS) is 11.6. The molecule has 1 N–H and O–H groups in total. The molecule has 4 heteroatoms. The minimum Gasteiger partial charge on any atom is -0.496 e. The summed E-state index contributed by atoms with van der Waals surface area (Å²) in [5.41, 5.74) is 2.58. The minimum absolute atomic E-state index is 0.0872. The molecule has 0 spiro atoms. The smallest absolute Gasteiger partial charge is 0.233 e. The quantitative estimate of drug-likeness (QED) is 0.751. The average Bonchev–Trinajstić information content (AvgIpc) is 2.68. The van der Waals surface area contributed by atoms with Crippen LogP contribution in [0.2, 0.25) is 0 Å². The van der Waals surface area contributed by atoms with Crippen LogP contribution in [0.15, 0.2) is 79.0 Å². The van der Waals surface area contributed by atoms with Crippen molar-refractivity contribution in [3.05, 3.63) is 95.8 Å². The first kappa shape index (κ1) is 16.7. The highest BCUT2D eigenvalue weighted by molar-refractivity contribution is 5.86. The molecule has 1 amide bonds. The maximum Gasteiger partial charge on any atom is 0.233 e. The van der Waals surface area contributed by atoms with E-state index in [0.717, 1.165) is 22.6 Å². The Bertz CT molecular complexity index is 780. The molecule has 0 fully saturated rings. The minimum atomic E-state index is -0.447. The monoisotopic (exact) mass is 332 g/mol. The highest BCUT2D eigenvalue weighted by Crippen LogP contribution is 2.24. The van der Waals surface area contributed by atoms with E-state index in [1.54, 1.807) is 13.3 Å². The molecule has 3 rings (SSSR count). The van der Waals surface area contributed by atoms with Gasteiger partial charge < -0.3 is 10.1 Å². The van der Waals surface area contributed by atoms with E-state index < -0.39 is 5.92 Å². The number of para-hydroxylation sites is 1. The molecule has 0 saturated heterocycles. The summed E-state index contributed by atoms with van der Waals surface area (Å²) < 4.78 is 5.34. The summed E-state index contributed by atoms with van der Waals surface area (Å²) in [4.78, 5) is 17.3. The fourth-order valence-corrected chi connectivity index (χ4v) is 2.78. The van der Waals surface area contributed by atoms with E-state index >= 15 is 0 Å². The number of carbonyl (C=O) groups is 1. The predicted molar refractivity (Wildman–Crippen MR) is 97.4 cm³/mol. The number of amides is 1. The standard InChI is InChI=1S/C21H20N2O2/c1-25-19-13-6-5-11-17(19)15-23-21(24)20(16-9-3-2-4-10-16)18-12-7-8-14-22-18/h2-14,20H,15H2,1H3,(H,23,24). The molecule has 1 aromatic heterocycles. The fourth-order valence-electron chi connectivity index (χ4n) is 2.78. The van der Waals surface area contributed by atoms with Crippen LogP contribution in [0.5, 0.6) is 5.75 Å². The lowest BCUT2D eigenvalue weighted by Gasteiger charge is -2.17. The van der Waals surface area contributed by atoms with Gasteiger partial charge in [-0.15, -0.1) is 0 Å². The van der Waals surface area contributed by atoms with Gasteiger partial charge in [0, 0.05) is 18.3 Å². The average molecular weight is 332 g/mol. The van der Waals surface area contributed by atoms with Crippen LogP contribution in [0.3, 0.4) is 0 Å². The van der Waals surface area contributed by atoms with Crippen molar-refractivity contribution < 1.29 is 9.53 Å². The molecule has 4 nitrogen and oxygen atoms in total. The van der Waals surface area contributed by atoms with Crippen molar-refractivity contribution in [1.29, 1.82) is 0 Å². The summed E-state index contributed by atoms with van der Waals surface area (Å²) in [7, 11) is 1.63. The Morgan fingerprint density at radius 2 is 1.72 bits per heavy atom. The third kappa shape index (κ3) is 4.04. The van der Waals surface area contributed by atoms with Gasteiger partial charge in [0.15, 0.2) is 0 Å². The Balaban J connectivity index is 1.83. The van der Waals surface area contributed by atoms with E-state index in [9.17, 15) is 4.79 Å². The lowest BCUT2D eigenvalue weighted by atomic mass is 9.94. The van der Waals surface area contributed by atoms with Crippen molar-refractivity contribution in [3.8, 4) is 5.75 Å². The van der Waals surface area contributed by atoms with Crippen molar-refractivity contribution in [3.63, 3.8) is 0 Å². The zero-order valence-corrected chi connectivity index (χ0v) is 14.1. The van der Waals surface area contributed by atoms with Gasteiger partial charge in [-0.1, -0.05) is 54.6 Å². The molecule has 1 unspecified atom stereocenters. The molecule has 1 heterocycles. The van der Waals surface area contributed by atoms with E-state index in [-0.39, 0.29) is 5.91 Å². The number of benzene rings is 2. The first-order valence-electron chi connectivity index (χ1n) is 8.15. The van der Waals surface area contributed by atoms with Crippen LogP contribution in [0.4, 0.5) is 0 Å². The van der Waals surface area contributed by atoms with Crippen molar-refractivity contribution >= 4 is 5.91 Å². The molecule has 126 valence electrons. The number of hydrogen-bond acceptors (Lipinski definition) is 3. The molecule has 0 aliphatic carbocycles. The number of pyridine rings is 1. The summed E-state index contributed by atoms with van der Waals surface area (Å²) in [6.07, 6.45) is 1.71. The van der Waals surface area contributed by atoms with Gasteiger partial charge in [-0.3, -0.25) is 9.78 Å². The zero-order chi connectivity index (χ0) is 17.5. The van der Waals surface area contributed by atoms with E-state index in [1.165, 1.54) is 0 Å². The molecular formula is C21H20N2O2. The van der Waals surface area contributed by atoms with Crippen LogP contribution < -0.4 is 10.1 Å². The molecule has 25 heavy (non-hydrogen) atoms. The summed E-state index contributed by atoms with van der Waals surface area (Å²) in [5.74, 6) is 0.227. The maximum atomic E-state index is 12.9. The fraction of sp³-hybridized carbons (Fsp3) is 0.143. The molecule has 1 atom stereocenters. The summed E-state index contributed by atoms with van der Waals surface area (Å²) in [6.45, 7) is 0.402. The van der Waals surface area contributed by atoms with Crippen molar-refractivity contribution in [2.24, 2.45) is 0 Å². The van der Waals surface area contributed by atoms with Gasteiger partial charge in [-0.25, -0.2) is 0 Å². The van der Waals surface area contributed by atoms with Gasteiger partial charge in [-0.05, 0) is 23.8 Å². The van der Waals surface area contributed by atoms with Crippen molar-refractivity contribution in [2.45, 2.75) is 12.5 Å². The Hall–Kier alpha value is -3.14. The third-order valence-corrected chi connectivity index (χ3v) is 4.02. The van der Waals surface area contributed by atoms with Crippen LogP contribution in [0.1, 0.15) is 22.7 Å². The second kappa shape index (κ2) is 8.11. The first-order chi connectivity index (χ1) is 12.3. The lowest BCUT2D eigenvalue weighted by Crippen LogP contribution is -2.30. The van der Waals surface area contributed by atoms with E-state index in [0.29, 0.717) is 6.54 Å². The predicted octanol–water partition coefficient (Wildman–Crippen LogP) is 3.54. The highest BCUT2D eigenvalue weighted by Gasteiger charge is 2.23. The zero-order valence-electron chi connectivity index (χ0n) is 14.1. The van der Waals surface area contributed by atoms with Crippen LogP contribution in [0, 0.1) is 0 Å². The number of nitrogens with one attached hydrogen (secondary N) is 1. The second-order valence-electron chi connectivity index (χ2n) is 5.63. The molecule has 0 saturated carbocycles. The summed E-state index contributed by atoms with van der Waals surface area (Å²) in [6, 6.07) is 23.0. The molecule has 0 aliphatic rings. The largest absolute Gasteiger partial charge is 0.496 e. The number of ether oxygens (including phenoxy) is 1. The van der Waals surface area contributed by atoms with Gasteiger partial charge >= 0.3 is 0 Å². The molecule has 2 aromatic carbocycles. The molecule has 0 radical (unpaired) electrons. The van der Waals surface area contributed by atoms with E-state index in [1.807, 2.05) is 72.8 Å². The van der Waals surface area contributed by atoms with Crippen molar-refractivity contribution in [2.75, 3.05) is 7.11 Å². The number of hydrogen-bond donors (Lipinski definition) is 1. The SMILES string of the molecule is COc1ccccc1CNC(=O)C(c1ccccc1)c1ccccn1. The maximum absolute atomic E-state index is 12.9.